The molecule has 3 aromatic heterocycles. The molecule has 1 aliphatic heterocycles. The summed E-state index contributed by atoms with van der Waals surface area (Å²) in [5.41, 5.74) is 4.69. The number of H-pyrrole nitrogens is 1. The van der Waals surface area contributed by atoms with E-state index in [1.807, 2.05) is 59.8 Å². The quantitative estimate of drug-likeness (QED) is 0.788. The first-order chi connectivity index (χ1) is 11.6. The summed E-state index contributed by atoms with van der Waals surface area (Å²) >= 11 is 0. The minimum atomic E-state index is -0.104. The van der Waals surface area contributed by atoms with Crippen molar-refractivity contribution in [2.45, 2.75) is 19.9 Å². The summed E-state index contributed by atoms with van der Waals surface area (Å²) in [4.78, 5) is 15.0. The van der Waals surface area contributed by atoms with E-state index in [1.54, 1.807) is 0 Å². The maximum atomic E-state index is 13.1. The molecule has 0 radical (unpaired) electrons. The van der Waals surface area contributed by atoms with Gasteiger partial charge in [-0.2, -0.15) is 5.10 Å². The van der Waals surface area contributed by atoms with Crippen molar-refractivity contribution in [3.05, 3.63) is 59.2 Å². The Hall–Kier alpha value is -2.60. The molecule has 1 atom stereocenters. The van der Waals surface area contributed by atoms with Crippen LogP contribution in [0.1, 0.15) is 33.4 Å². The van der Waals surface area contributed by atoms with Gasteiger partial charge in [0.1, 0.15) is 0 Å². The minimum absolute atomic E-state index is 0.0343. The van der Waals surface area contributed by atoms with Crippen molar-refractivity contribution in [1.29, 1.82) is 0 Å². The second kappa shape index (κ2) is 5.79. The van der Waals surface area contributed by atoms with E-state index in [-0.39, 0.29) is 11.9 Å². The number of amides is 1. The number of pyridine rings is 1. The number of aromatic nitrogens is 3. The number of morpholine rings is 1. The molecule has 4 rings (SSSR count). The Morgan fingerprint density at radius 2 is 2.25 bits per heavy atom. The van der Waals surface area contributed by atoms with Gasteiger partial charge in [-0.25, -0.2) is 0 Å². The van der Waals surface area contributed by atoms with Crippen molar-refractivity contribution >= 4 is 11.4 Å². The molecule has 24 heavy (non-hydrogen) atoms. The van der Waals surface area contributed by atoms with Crippen LogP contribution in [0.5, 0.6) is 0 Å². The number of fused-ring (bicyclic) bond motifs is 1. The fourth-order valence-electron chi connectivity index (χ4n) is 3.47. The highest BCUT2D eigenvalue weighted by Crippen LogP contribution is 2.30. The van der Waals surface area contributed by atoms with E-state index in [2.05, 4.69) is 10.2 Å². The number of aryl methyl sites for hydroxylation is 2. The topological polar surface area (TPSA) is 62.6 Å². The summed E-state index contributed by atoms with van der Waals surface area (Å²) in [5, 5.41) is 7.28. The van der Waals surface area contributed by atoms with E-state index in [0.717, 1.165) is 22.5 Å². The van der Waals surface area contributed by atoms with Crippen LogP contribution in [0, 0.1) is 13.8 Å². The van der Waals surface area contributed by atoms with Gasteiger partial charge in [0, 0.05) is 35.7 Å². The monoisotopic (exact) mass is 324 g/mol. The van der Waals surface area contributed by atoms with E-state index >= 15 is 0 Å². The smallest absolute Gasteiger partial charge is 0.256 e. The number of nitrogens with zero attached hydrogens (tertiary/aromatic N) is 3. The molecular weight excluding hydrogens is 304 g/mol. The third kappa shape index (κ3) is 2.39. The van der Waals surface area contributed by atoms with Gasteiger partial charge in [-0.1, -0.05) is 6.07 Å². The molecule has 124 valence electrons. The van der Waals surface area contributed by atoms with Crippen LogP contribution in [0.2, 0.25) is 0 Å². The fourth-order valence-corrected chi connectivity index (χ4v) is 3.47. The molecule has 6 heteroatoms. The second-order valence-corrected chi connectivity index (χ2v) is 6.20. The van der Waals surface area contributed by atoms with Gasteiger partial charge in [0.25, 0.3) is 5.91 Å². The highest BCUT2D eigenvalue weighted by atomic mass is 16.5. The van der Waals surface area contributed by atoms with Crippen LogP contribution in [0.3, 0.4) is 0 Å². The fraction of sp³-hybridized carbons (Fsp3) is 0.333. The maximum absolute atomic E-state index is 13.1. The lowest BCUT2D eigenvalue weighted by Gasteiger charge is -2.35. The zero-order chi connectivity index (χ0) is 16.7. The number of rotatable bonds is 2. The molecular formula is C18H20N4O2. The van der Waals surface area contributed by atoms with E-state index < -0.39 is 0 Å². The molecule has 1 unspecified atom stereocenters. The van der Waals surface area contributed by atoms with Crippen LogP contribution in [0.15, 0.2) is 36.7 Å². The molecule has 1 amide bonds. The summed E-state index contributed by atoms with van der Waals surface area (Å²) in [5.74, 6) is 0.0343. The normalized spacial score (nSPS) is 18.2. The Kier molecular flexibility index (Phi) is 3.61. The van der Waals surface area contributed by atoms with Crippen LogP contribution in [0.4, 0.5) is 0 Å². The van der Waals surface area contributed by atoms with Crippen molar-refractivity contribution in [2.75, 3.05) is 19.8 Å². The first kappa shape index (κ1) is 15.0. The Balaban J connectivity index is 1.71. The van der Waals surface area contributed by atoms with Gasteiger partial charge in [-0.15, -0.1) is 0 Å². The lowest BCUT2D eigenvalue weighted by Crippen LogP contribution is -2.43. The summed E-state index contributed by atoms with van der Waals surface area (Å²) in [6.07, 6.45) is 3.84. The molecule has 6 nitrogen and oxygen atoms in total. The molecule has 1 N–H and O–H groups in total. The van der Waals surface area contributed by atoms with Gasteiger partial charge in [-0.05, 0) is 32.0 Å². The standard InChI is InChI=1S/C18H20N4O2/c1-12-17(13(2)20-19-12)16-11-24-8-7-22(16)18(23)14-9-15-5-3-4-6-21(15)10-14/h3-6,9-10,16H,7-8,11H2,1-2H3,(H,19,20). The minimum Gasteiger partial charge on any atom is -0.377 e. The summed E-state index contributed by atoms with van der Waals surface area (Å²) in [6.45, 7) is 5.59. The van der Waals surface area contributed by atoms with Gasteiger partial charge in [0.2, 0.25) is 0 Å². The zero-order valence-corrected chi connectivity index (χ0v) is 13.8. The number of carbonyl (C=O) groups excluding carboxylic acids is 1. The molecule has 1 fully saturated rings. The number of aromatic amines is 1. The summed E-state index contributed by atoms with van der Waals surface area (Å²) in [7, 11) is 0. The number of hydrogen-bond donors (Lipinski definition) is 1. The molecule has 1 saturated heterocycles. The number of nitrogens with one attached hydrogen (secondary N) is 1. The van der Waals surface area contributed by atoms with Crippen molar-refractivity contribution < 1.29 is 9.53 Å². The van der Waals surface area contributed by atoms with Crippen molar-refractivity contribution in [3.63, 3.8) is 0 Å². The Morgan fingerprint density at radius 1 is 1.38 bits per heavy atom. The molecule has 0 aromatic carbocycles. The van der Waals surface area contributed by atoms with Crippen LogP contribution in [-0.2, 0) is 4.74 Å². The number of hydrogen-bond acceptors (Lipinski definition) is 3. The van der Waals surface area contributed by atoms with Crippen LogP contribution in [0.25, 0.3) is 5.52 Å². The lowest BCUT2D eigenvalue weighted by molar-refractivity contribution is -0.00300. The Labute approximate surface area is 140 Å². The molecule has 0 bridgehead atoms. The lowest BCUT2D eigenvalue weighted by atomic mass is 10.0. The summed E-state index contributed by atoms with van der Waals surface area (Å²) in [6, 6.07) is 7.76. The highest BCUT2D eigenvalue weighted by Gasteiger charge is 2.32. The second-order valence-electron chi connectivity index (χ2n) is 6.20. The van der Waals surface area contributed by atoms with Crippen LogP contribution < -0.4 is 0 Å². The van der Waals surface area contributed by atoms with Crippen LogP contribution in [-0.4, -0.2) is 45.2 Å². The third-order valence-corrected chi connectivity index (χ3v) is 4.66. The molecule has 4 heterocycles. The highest BCUT2D eigenvalue weighted by molar-refractivity contribution is 5.96. The van der Waals surface area contributed by atoms with E-state index in [1.165, 1.54) is 0 Å². The predicted octanol–water partition coefficient (Wildman–Crippen LogP) is 2.49. The number of ether oxygens (including phenoxy) is 1. The van der Waals surface area contributed by atoms with Gasteiger partial charge < -0.3 is 14.0 Å². The van der Waals surface area contributed by atoms with Crippen molar-refractivity contribution in [2.24, 2.45) is 0 Å². The SMILES string of the molecule is Cc1n[nH]c(C)c1C1COCCN1C(=O)c1cc2ccccn2c1. The van der Waals surface area contributed by atoms with Gasteiger partial charge in [0.15, 0.2) is 0 Å². The molecule has 0 saturated carbocycles. The van der Waals surface area contributed by atoms with Gasteiger partial charge >= 0.3 is 0 Å². The van der Waals surface area contributed by atoms with E-state index in [9.17, 15) is 4.79 Å². The molecule has 0 aliphatic carbocycles. The predicted molar refractivity (Wildman–Crippen MR) is 90.1 cm³/mol. The largest absolute Gasteiger partial charge is 0.377 e. The number of carbonyl (C=O) groups is 1. The van der Waals surface area contributed by atoms with E-state index in [4.69, 9.17) is 4.74 Å². The average molecular weight is 324 g/mol. The van der Waals surface area contributed by atoms with Crippen molar-refractivity contribution in [1.82, 2.24) is 19.5 Å². The first-order valence-electron chi connectivity index (χ1n) is 8.12. The van der Waals surface area contributed by atoms with E-state index in [0.29, 0.717) is 25.3 Å². The Bertz CT molecular complexity index is 843. The zero-order valence-electron chi connectivity index (χ0n) is 13.8. The first-order valence-corrected chi connectivity index (χ1v) is 8.12. The van der Waals surface area contributed by atoms with Crippen LogP contribution >= 0.6 is 0 Å². The Morgan fingerprint density at radius 3 is 3.00 bits per heavy atom. The van der Waals surface area contributed by atoms with Gasteiger partial charge in [-0.3, -0.25) is 9.89 Å². The maximum Gasteiger partial charge on any atom is 0.256 e. The summed E-state index contributed by atoms with van der Waals surface area (Å²) < 4.78 is 7.62. The van der Waals surface area contributed by atoms with Crippen molar-refractivity contribution in [3.8, 4) is 0 Å². The molecule has 1 aliphatic rings. The molecule has 3 aromatic rings. The third-order valence-electron chi connectivity index (χ3n) is 4.66. The molecule has 0 spiro atoms. The average Bonchev–Trinajstić information content (AvgIpc) is 3.17. The van der Waals surface area contributed by atoms with Gasteiger partial charge in [0.05, 0.1) is 30.5 Å².